The summed E-state index contributed by atoms with van der Waals surface area (Å²) in [6, 6.07) is 14.5. The van der Waals surface area contributed by atoms with Gasteiger partial charge < -0.3 is 4.90 Å². The highest BCUT2D eigenvalue weighted by Crippen LogP contribution is 2.44. The van der Waals surface area contributed by atoms with Gasteiger partial charge in [-0.15, -0.1) is 0 Å². The van der Waals surface area contributed by atoms with Crippen LogP contribution < -0.4 is 4.90 Å². The Kier molecular flexibility index (Phi) is 4.16. The maximum atomic E-state index is 12.4. The molecule has 0 radical (unpaired) electrons. The van der Waals surface area contributed by atoms with Crippen LogP contribution in [0.4, 0.5) is 5.69 Å². The molecule has 0 aliphatic carbocycles. The van der Waals surface area contributed by atoms with Gasteiger partial charge in [0, 0.05) is 11.4 Å². The van der Waals surface area contributed by atoms with E-state index in [0.717, 1.165) is 16.1 Å². The van der Waals surface area contributed by atoms with Gasteiger partial charge in [0.2, 0.25) is 5.56 Å². The Morgan fingerprint density at radius 3 is 2.50 bits per heavy atom. The first kappa shape index (κ1) is 15.4. The number of fused-ring (bicyclic) bond motifs is 1. The average molecular weight is 335 g/mol. The van der Waals surface area contributed by atoms with Crippen molar-refractivity contribution >= 4 is 27.6 Å². The number of rotatable bonds is 4. The third-order valence-electron chi connectivity index (χ3n) is 3.52. The van der Waals surface area contributed by atoms with Crippen molar-refractivity contribution < 1.29 is 12.6 Å². The van der Waals surface area contributed by atoms with Crippen molar-refractivity contribution in [2.45, 2.75) is 29.2 Å². The normalized spacial score (nSPS) is 17.5. The minimum absolute atomic E-state index is 0.186. The van der Waals surface area contributed by atoms with Gasteiger partial charge in [-0.2, -0.15) is 8.42 Å². The predicted molar refractivity (Wildman–Crippen MR) is 88.6 cm³/mol. The second kappa shape index (κ2) is 5.95. The smallest absolute Gasteiger partial charge is 0.299 e. The number of thioether (sulfide) groups is 1. The quantitative estimate of drug-likeness (QED) is 0.799. The van der Waals surface area contributed by atoms with Crippen molar-refractivity contribution in [3.05, 3.63) is 54.1 Å². The molecule has 0 bridgehead atoms. The van der Waals surface area contributed by atoms with Gasteiger partial charge in [0.15, 0.2) is 0 Å². The van der Waals surface area contributed by atoms with Gasteiger partial charge in [0.1, 0.15) is 0 Å². The number of para-hydroxylation sites is 1. The lowest BCUT2D eigenvalue weighted by atomic mass is 10.2. The van der Waals surface area contributed by atoms with Crippen molar-refractivity contribution in [1.82, 2.24) is 0 Å². The molecule has 116 valence electrons. The summed E-state index contributed by atoms with van der Waals surface area (Å²) in [7, 11) is -3.78. The molecule has 0 spiro atoms. The molecule has 3 rings (SSSR count). The van der Waals surface area contributed by atoms with Gasteiger partial charge in [-0.25, -0.2) is 4.18 Å². The summed E-state index contributed by atoms with van der Waals surface area (Å²) < 4.78 is 30.4. The first-order valence-electron chi connectivity index (χ1n) is 7.03. The number of hydrogen-bond donors (Lipinski definition) is 0. The third kappa shape index (κ3) is 2.86. The van der Waals surface area contributed by atoms with Crippen molar-refractivity contribution in [2.75, 3.05) is 11.4 Å². The van der Waals surface area contributed by atoms with Crippen molar-refractivity contribution in [2.24, 2.45) is 0 Å². The molecule has 0 N–H and O–H groups in total. The van der Waals surface area contributed by atoms with Crippen LogP contribution in [0.25, 0.3) is 0 Å². The summed E-state index contributed by atoms with van der Waals surface area (Å²) in [5.74, 6) is 0. The molecule has 0 aromatic heterocycles. The van der Waals surface area contributed by atoms with Gasteiger partial charge in [-0.05, 0) is 38.1 Å². The van der Waals surface area contributed by atoms with E-state index >= 15 is 0 Å². The lowest BCUT2D eigenvalue weighted by molar-refractivity contribution is 0.289. The highest BCUT2D eigenvalue weighted by atomic mass is 32.2. The summed E-state index contributed by atoms with van der Waals surface area (Å²) in [4.78, 5) is 3.17. The molecular weight excluding hydrogens is 318 g/mol. The molecule has 0 fully saturated rings. The van der Waals surface area contributed by atoms with Crippen LogP contribution in [-0.2, 0) is 14.3 Å². The molecule has 1 aliphatic rings. The van der Waals surface area contributed by atoms with Crippen LogP contribution in [-0.4, -0.2) is 20.5 Å². The SMILES string of the molecule is CCN1c2ccccc2SC1OS(=O)(=O)c1ccc(C)cc1. The molecule has 1 atom stereocenters. The molecule has 4 nitrogen and oxygen atoms in total. The van der Waals surface area contributed by atoms with Crippen LogP contribution in [0.3, 0.4) is 0 Å². The van der Waals surface area contributed by atoms with Crippen molar-refractivity contribution in [1.29, 1.82) is 0 Å². The Bertz CT molecular complexity index is 772. The van der Waals surface area contributed by atoms with Gasteiger partial charge >= 0.3 is 0 Å². The molecular formula is C16H17NO3S2. The molecule has 0 saturated heterocycles. The maximum absolute atomic E-state index is 12.4. The Labute approximate surface area is 135 Å². The predicted octanol–water partition coefficient (Wildman–Crippen LogP) is 3.62. The average Bonchev–Trinajstić information content (AvgIpc) is 2.83. The number of nitrogens with zero attached hydrogens (tertiary/aromatic N) is 1. The first-order valence-corrected chi connectivity index (χ1v) is 9.32. The minimum atomic E-state index is -3.78. The summed E-state index contributed by atoms with van der Waals surface area (Å²) in [5.41, 5.74) is 1.46. The summed E-state index contributed by atoms with van der Waals surface area (Å²) in [6.45, 7) is 4.58. The maximum Gasteiger partial charge on any atom is 0.299 e. The molecule has 1 unspecified atom stereocenters. The Morgan fingerprint density at radius 1 is 1.14 bits per heavy atom. The van der Waals surface area contributed by atoms with Crippen LogP contribution in [0.2, 0.25) is 0 Å². The Hall–Kier alpha value is -1.50. The zero-order valence-electron chi connectivity index (χ0n) is 12.4. The fourth-order valence-corrected chi connectivity index (χ4v) is 4.78. The number of hydrogen-bond acceptors (Lipinski definition) is 5. The third-order valence-corrected chi connectivity index (χ3v) is 6.07. The fourth-order valence-electron chi connectivity index (χ4n) is 2.34. The van der Waals surface area contributed by atoms with Crippen LogP contribution in [0.15, 0.2) is 58.3 Å². The summed E-state index contributed by atoms with van der Waals surface area (Å²) >= 11 is 1.42. The standard InChI is InChI=1S/C16H17NO3S2/c1-3-17-14-6-4-5-7-15(14)21-16(17)20-22(18,19)13-10-8-12(2)9-11-13/h4-11,16H,3H2,1-2H3. The second-order valence-corrected chi connectivity index (χ2v) is 7.69. The van der Waals surface area contributed by atoms with Gasteiger partial charge in [0.05, 0.1) is 10.6 Å². The Morgan fingerprint density at radius 2 is 1.82 bits per heavy atom. The Balaban J connectivity index is 1.86. The van der Waals surface area contributed by atoms with Crippen molar-refractivity contribution in [3.8, 4) is 0 Å². The first-order chi connectivity index (χ1) is 10.5. The number of anilines is 1. The summed E-state index contributed by atoms with van der Waals surface area (Å²) in [5, 5.41) is 0. The topological polar surface area (TPSA) is 46.6 Å². The van der Waals surface area contributed by atoms with E-state index < -0.39 is 15.7 Å². The molecule has 22 heavy (non-hydrogen) atoms. The monoisotopic (exact) mass is 335 g/mol. The fraction of sp³-hybridized carbons (Fsp3) is 0.250. The van der Waals surface area contributed by atoms with Gasteiger partial charge in [0.25, 0.3) is 10.1 Å². The van der Waals surface area contributed by atoms with Crippen LogP contribution in [0, 0.1) is 6.92 Å². The highest BCUT2D eigenvalue weighted by Gasteiger charge is 2.33. The molecule has 1 heterocycles. The zero-order chi connectivity index (χ0) is 15.7. The highest BCUT2D eigenvalue weighted by molar-refractivity contribution is 8.01. The van der Waals surface area contributed by atoms with E-state index in [1.165, 1.54) is 11.8 Å². The second-order valence-electron chi connectivity index (χ2n) is 5.04. The molecule has 0 saturated carbocycles. The van der Waals surface area contributed by atoms with Gasteiger partial charge in [-0.3, -0.25) is 0 Å². The van der Waals surface area contributed by atoms with E-state index in [9.17, 15) is 8.42 Å². The van der Waals surface area contributed by atoms with E-state index in [1.54, 1.807) is 24.3 Å². The molecule has 0 amide bonds. The van der Waals surface area contributed by atoms with Crippen LogP contribution in [0.5, 0.6) is 0 Å². The van der Waals surface area contributed by atoms with E-state index in [1.807, 2.05) is 43.0 Å². The molecule has 2 aromatic carbocycles. The number of benzene rings is 2. The van der Waals surface area contributed by atoms with E-state index in [0.29, 0.717) is 6.54 Å². The molecule has 6 heteroatoms. The largest absolute Gasteiger partial charge is 0.336 e. The lowest BCUT2D eigenvalue weighted by Gasteiger charge is -2.24. The summed E-state index contributed by atoms with van der Waals surface area (Å²) in [6.07, 6.45) is 0. The van der Waals surface area contributed by atoms with E-state index in [2.05, 4.69) is 0 Å². The molecule has 2 aromatic rings. The lowest BCUT2D eigenvalue weighted by Crippen LogP contribution is -2.33. The zero-order valence-corrected chi connectivity index (χ0v) is 14.0. The van der Waals surface area contributed by atoms with Crippen LogP contribution >= 0.6 is 11.8 Å². The van der Waals surface area contributed by atoms with Crippen molar-refractivity contribution in [3.63, 3.8) is 0 Å². The minimum Gasteiger partial charge on any atom is -0.336 e. The molecule has 1 aliphatic heterocycles. The van der Waals surface area contributed by atoms with E-state index in [4.69, 9.17) is 4.18 Å². The van der Waals surface area contributed by atoms with Gasteiger partial charge in [-0.1, -0.05) is 41.6 Å². The van der Waals surface area contributed by atoms with Crippen LogP contribution in [0.1, 0.15) is 12.5 Å². The number of aryl methyl sites for hydroxylation is 1. The van der Waals surface area contributed by atoms with E-state index in [-0.39, 0.29) is 4.90 Å².